The van der Waals surface area contributed by atoms with Crippen molar-refractivity contribution in [3.05, 3.63) is 213 Å². The minimum absolute atomic E-state index is 0.901. The summed E-state index contributed by atoms with van der Waals surface area (Å²) in [5.41, 5.74) is 13.9. The first-order valence-corrected chi connectivity index (χ1v) is 19.2. The van der Waals surface area contributed by atoms with Gasteiger partial charge >= 0.3 is 0 Å². The molecular formula is C52H35N5. The van der Waals surface area contributed by atoms with Crippen LogP contribution >= 0.6 is 0 Å². The molecule has 0 N–H and O–H groups in total. The van der Waals surface area contributed by atoms with Crippen molar-refractivity contribution in [3.8, 4) is 11.1 Å². The molecule has 5 nitrogen and oxygen atoms in total. The van der Waals surface area contributed by atoms with Crippen LogP contribution in [-0.4, -0.2) is 9.97 Å². The number of anilines is 9. The van der Waals surface area contributed by atoms with Crippen LogP contribution in [0.4, 0.5) is 51.2 Å². The minimum atomic E-state index is 0.901. The van der Waals surface area contributed by atoms with Gasteiger partial charge in [0.1, 0.15) is 0 Å². The zero-order chi connectivity index (χ0) is 37.7. The smallest absolute Gasteiger partial charge is 0.0971 e. The Bertz CT molecular complexity index is 3040. The van der Waals surface area contributed by atoms with Crippen LogP contribution in [0.25, 0.3) is 43.7 Å². The number of benzene rings is 9. The summed E-state index contributed by atoms with van der Waals surface area (Å²) >= 11 is 0. The summed E-state index contributed by atoms with van der Waals surface area (Å²) in [4.78, 5) is 16.9. The molecule has 2 heterocycles. The van der Waals surface area contributed by atoms with E-state index >= 15 is 0 Å². The SMILES string of the molecule is c1ccc(-c2ccc3c4cc(N5c6ccccc6N(c6ccccc6)c6cc(N(c7ccccc7)c7ccccc7)ccc65)ccc4c4nccnc4c3c2)cc1. The molecule has 0 radical (unpaired) electrons. The first kappa shape index (κ1) is 32.7. The summed E-state index contributed by atoms with van der Waals surface area (Å²) in [6.45, 7) is 0. The van der Waals surface area contributed by atoms with Gasteiger partial charge in [0.15, 0.2) is 0 Å². The van der Waals surface area contributed by atoms with E-state index in [0.29, 0.717) is 0 Å². The van der Waals surface area contributed by atoms with Crippen molar-refractivity contribution in [2.24, 2.45) is 0 Å². The Hall–Kier alpha value is -7.76. The van der Waals surface area contributed by atoms with Gasteiger partial charge in [-0.3, -0.25) is 9.97 Å². The molecule has 9 aromatic carbocycles. The third-order valence-electron chi connectivity index (χ3n) is 11.0. The van der Waals surface area contributed by atoms with E-state index in [1.54, 1.807) is 12.4 Å². The quantitative estimate of drug-likeness (QED) is 0.159. The van der Waals surface area contributed by atoms with E-state index in [0.717, 1.165) is 89.3 Å². The van der Waals surface area contributed by atoms with E-state index in [-0.39, 0.29) is 0 Å². The van der Waals surface area contributed by atoms with Crippen LogP contribution in [0.2, 0.25) is 0 Å². The second kappa shape index (κ2) is 13.5. The zero-order valence-electron chi connectivity index (χ0n) is 30.9. The second-order valence-electron chi connectivity index (χ2n) is 14.3. The van der Waals surface area contributed by atoms with Crippen molar-refractivity contribution < 1.29 is 0 Å². The Morgan fingerprint density at radius 2 is 0.860 bits per heavy atom. The van der Waals surface area contributed by atoms with Crippen molar-refractivity contribution in [2.75, 3.05) is 14.7 Å². The molecule has 0 unspecified atom stereocenters. The minimum Gasteiger partial charge on any atom is -0.310 e. The maximum absolute atomic E-state index is 4.91. The molecule has 5 heteroatoms. The van der Waals surface area contributed by atoms with Crippen LogP contribution in [0.15, 0.2) is 213 Å². The highest BCUT2D eigenvalue weighted by atomic mass is 15.3. The molecule has 0 aliphatic carbocycles. The fourth-order valence-electron chi connectivity index (χ4n) is 8.47. The van der Waals surface area contributed by atoms with Crippen molar-refractivity contribution in [1.82, 2.24) is 9.97 Å². The molecule has 0 amide bonds. The average molecular weight is 730 g/mol. The Morgan fingerprint density at radius 3 is 1.53 bits per heavy atom. The van der Waals surface area contributed by atoms with Crippen molar-refractivity contribution >= 4 is 83.8 Å². The largest absolute Gasteiger partial charge is 0.310 e. The molecule has 1 aliphatic heterocycles. The number of hydrogen-bond donors (Lipinski definition) is 0. The van der Waals surface area contributed by atoms with Crippen LogP contribution < -0.4 is 14.7 Å². The summed E-state index contributed by atoms with van der Waals surface area (Å²) in [5, 5.41) is 4.45. The highest BCUT2D eigenvalue weighted by Crippen LogP contribution is 2.56. The van der Waals surface area contributed by atoms with Crippen molar-refractivity contribution in [1.29, 1.82) is 0 Å². The lowest BCUT2D eigenvalue weighted by molar-refractivity contribution is 1.16. The van der Waals surface area contributed by atoms with Gasteiger partial charge in [0.05, 0.1) is 33.8 Å². The number of fused-ring (bicyclic) bond motifs is 8. The van der Waals surface area contributed by atoms with E-state index in [9.17, 15) is 0 Å². The summed E-state index contributed by atoms with van der Waals surface area (Å²) < 4.78 is 0. The van der Waals surface area contributed by atoms with E-state index in [2.05, 4.69) is 215 Å². The summed E-state index contributed by atoms with van der Waals surface area (Å²) in [6, 6.07) is 71.5. The molecule has 1 aliphatic rings. The molecule has 11 rings (SSSR count). The lowest BCUT2D eigenvalue weighted by atomic mass is 9.95. The Balaban J connectivity index is 1.15. The fourth-order valence-corrected chi connectivity index (χ4v) is 8.47. The van der Waals surface area contributed by atoms with Crippen LogP contribution in [-0.2, 0) is 0 Å². The first-order chi connectivity index (χ1) is 28.3. The average Bonchev–Trinajstić information content (AvgIpc) is 3.29. The molecule has 268 valence electrons. The summed E-state index contributed by atoms with van der Waals surface area (Å²) in [6.07, 6.45) is 3.59. The monoisotopic (exact) mass is 729 g/mol. The van der Waals surface area contributed by atoms with Crippen LogP contribution in [0, 0.1) is 0 Å². The van der Waals surface area contributed by atoms with E-state index < -0.39 is 0 Å². The van der Waals surface area contributed by atoms with Gasteiger partial charge in [0.25, 0.3) is 0 Å². The number of hydrogen-bond acceptors (Lipinski definition) is 5. The number of aromatic nitrogens is 2. The van der Waals surface area contributed by atoms with Crippen molar-refractivity contribution in [3.63, 3.8) is 0 Å². The highest BCUT2D eigenvalue weighted by Gasteiger charge is 2.32. The zero-order valence-corrected chi connectivity index (χ0v) is 30.9. The summed E-state index contributed by atoms with van der Waals surface area (Å²) in [5.74, 6) is 0. The van der Waals surface area contributed by atoms with Gasteiger partial charge in [0.2, 0.25) is 0 Å². The van der Waals surface area contributed by atoms with Gasteiger partial charge < -0.3 is 14.7 Å². The highest BCUT2D eigenvalue weighted by molar-refractivity contribution is 6.24. The molecule has 57 heavy (non-hydrogen) atoms. The standard InChI is InChI=1S/C52H35N5/c1-5-15-36(16-6-1)37-25-28-43-45-34-41(26-29-44(45)51-52(46(43)33-37)54-32-31-53-51)57-48-24-14-13-23-47(48)56(40-21-11-4-12-22-40)50-35-42(27-30-49(50)57)55(38-17-7-2-8-18-38)39-19-9-3-10-20-39/h1-35H. The molecule has 0 spiro atoms. The number of para-hydroxylation sites is 5. The lowest BCUT2D eigenvalue weighted by Crippen LogP contribution is -2.24. The normalized spacial score (nSPS) is 12.1. The van der Waals surface area contributed by atoms with Gasteiger partial charge in [-0.15, -0.1) is 0 Å². The van der Waals surface area contributed by atoms with Gasteiger partial charge in [0, 0.05) is 51.6 Å². The summed E-state index contributed by atoms with van der Waals surface area (Å²) in [7, 11) is 0. The van der Waals surface area contributed by atoms with E-state index in [4.69, 9.17) is 9.97 Å². The van der Waals surface area contributed by atoms with E-state index in [1.807, 2.05) is 0 Å². The topological polar surface area (TPSA) is 35.5 Å². The molecule has 0 saturated heterocycles. The molecule has 0 atom stereocenters. The van der Waals surface area contributed by atoms with Crippen LogP contribution in [0.1, 0.15) is 0 Å². The number of rotatable bonds is 6. The fraction of sp³-hybridized carbons (Fsp3) is 0. The lowest BCUT2D eigenvalue weighted by Gasteiger charge is -2.41. The third-order valence-corrected chi connectivity index (χ3v) is 11.0. The Morgan fingerprint density at radius 1 is 0.316 bits per heavy atom. The van der Waals surface area contributed by atoms with Gasteiger partial charge in [-0.2, -0.15) is 0 Å². The third kappa shape index (κ3) is 5.48. The van der Waals surface area contributed by atoms with Gasteiger partial charge in [-0.25, -0.2) is 0 Å². The number of nitrogens with zero attached hydrogens (tertiary/aromatic N) is 5. The Kier molecular flexibility index (Phi) is 7.74. The molecule has 10 aromatic rings. The predicted molar refractivity (Wildman–Crippen MR) is 238 cm³/mol. The Labute approximate surface area is 331 Å². The van der Waals surface area contributed by atoms with Crippen molar-refractivity contribution in [2.45, 2.75) is 0 Å². The maximum Gasteiger partial charge on any atom is 0.0971 e. The molecular weight excluding hydrogens is 695 g/mol. The van der Waals surface area contributed by atoms with Gasteiger partial charge in [-0.05, 0) is 107 Å². The van der Waals surface area contributed by atoms with Gasteiger partial charge in [-0.1, -0.05) is 115 Å². The molecule has 0 fully saturated rings. The molecule has 0 bridgehead atoms. The van der Waals surface area contributed by atoms with Crippen LogP contribution in [0.5, 0.6) is 0 Å². The predicted octanol–water partition coefficient (Wildman–Crippen LogP) is 14.3. The van der Waals surface area contributed by atoms with Crippen LogP contribution in [0.3, 0.4) is 0 Å². The first-order valence-electron chi connectivity index (χ1n) is 19.2. The van der Waals surface area contributed by atoms with E-state index in [1.165, 1.54) is 5.56 Å². The molecule has 1 aromatic heterocycles. The molecule has 0 saturated carbocycles. The second-order valence-corrected chi connectivity index (χ2v) is 14.3. The maximum atomic E-state index is 4.91.